The maximum Gasteiger partial charge on any atom is 0.374 e. The molecule has 0 aliphatic carbocycles. The highest BCUT2D eigenvalue weighted by Gasteiger charge is 1.95. The largest absolute Gasteiger partial charge is 0.461 e. The average molecular weight is 365 g/mol. The lowest BCUT2D eigenvalue weighted by molar-refractivity contribution is -0.142. The van der Waals surface area contributed by atoms with E-state index in [2.05, 4.69) is 15.9 Å². The van der Waals surface area contributed by atoms with Crippen molar-refractivity contribution in [3.05, 3.63) is 71.8 Å². The molecule has 0 radical (unpaired) electrons. The Bertz CT molecular complexity index is 516. The summed E-state index contributed by atoms with van der Waals surface area (Å²) >= 11 is 2.67. The zero-order chi connectivity index (χ0) is 16.2. The fourth-order valence-corrected chi connectivity index (χ4v) is 1.59. The number of esters is 1. The van der Waals surface area contributed by atoms with Crippen molar-refractivity contribution in [2.24, 2.45) is 0 Å². The Hall–Kier alpha value is -2.14. The Morgan fingerprint density at radius 1 is 0.818 bits per heavy atom. The monoisotopic (exact) mass is 364 g/mol. The molecule has 0 aromatic heterocycles. The van der Waals surface area contributed by atoms with E-state index in [9.17, 15) is 9.59 Å². The van der Waals surface area contributed by atoms with Crippen molar-refractivity contribution >= 4 is 26.8 Å². The van der Waals surface area contributed by atoms with Gasteiger partial charge in [0.15, 0.2) is 0 Å². The van der Waals surface area contributed by atoms with E-state index in [1.165, 1.54) is 6.92 Å². The molecule has 116 valence electrons. The predicted molar refractivity (Wildman–Crippen MR) is 87.5 cm³/mol. The fourth-order valence-electron chi connectivity index (χ4n) is 1.47. The molecule has 22 heavy (non-hydrogen) atoms. The van der Waals surface area contributed by atoms with Gasteiger partial charge in [-0.05, 0) is 11.1 Å². The van der Waals surface area contributed by atoms with Gasteiger partial charge in [0.25, 0.3) is 0 Å². The zero-order valence-electron chi connectivity index (χ0n) is 12.2. The molecule has 0 saturated heterocycles. The highest BCUT2D eigenvalue weighted by atomic mass is 79.9. The molecule has 0 amide bonds. The van der Waals surface area contributed by atoms with Crippen LogP contribution in [0.5, 0.6) is 0 Å². The summed E-state index contributed by atoms with van der Waals surface area (Å²) in [6.07, 6.45) is 0. The molecule has 0 bridgehead atoms. The van der Waals surface area contributed by atoms with Crippen LogP contribution in [0.4, 0.5) is 4.79 Å². The van der Waals surface area contributed by atoms with Crippen molar-refractivity contribution in [2.75, 3.05) is 0 Å². The predicted octanol–water partition coefficient (Wildman–Crippen LogP) is 4.47. The quantitative estimate of drug-likeness (QED) is 0.593. The van der Waals surface area contributed by atoms with E-state index in [1.54, 1.807) is 0 Å². The summed E-state index contributed by atoms with van der Waals surface area (Å²) in [6, 6.07) is 19.1. The maximum absolute atomic E-state index is 10.4. The summed E-state index contributed by atoms with van der Waals surface area (Å²) in [5.74, 6) is -0.242. The minimum atomic E-state index is -0.429. The van der Waals surface area contributed by atoms with Crippen molar-refractivity contribution in [1.29, 1.82) is 0 Å². The van der Waals surface area contributed by atoms with Crippen LogP contribution in [0.1, 0.15) is 18.1 Å². The van der Waals surface area contributed by atoms with Gasteiger partial charge in [-0.1, -0.05) is 60.7 Å². The van der Waals surface area contributed by atoms with Gasteiger partial charge in [0.1, 0.15) is 13.2 Å². The van der Waals surface area contributed by atoms with Gasteiger partial charge in [0, 0.05) is 22.9 Å². The molecule has 2 rings (SSSR count). The molecular formula is C17H17BrO4. The first-order valence-electron chi connectivity index (χ1n) is 6.61. The molecule has 0 spiro atoms. The summed E-state index contributed by atoms with van der Waals surface area (Å²) in [6.45, 7) is 2.10. The van der Waals surface area contributed by atoms with Gasteiger partial charge in [-0.3, -0.25) is 4.79 Å². The Morgan fingerprint density at radius 2 is 1.23 bits per heavy atom. The second kappa shape index (κ2) is 10.6. The normalized spacial score (nSPS) is 9.18. The number of hydrogen-bond donors (Lipinski definition) is 0. The van der Waals surface area contributed by atoms with Crippen molar-refractivity contribution in [3.63, 3.8) is 0 Å². The van der Waals surface area contributed by atoms with Crippen LogP contribution in [0.2, 0.25) is 0 Å². The molecule has 2 aromatic carbocycles. The standard InChI is InChI=1S/C9H10O2.C8H7BrO2/c1-8(10)11-7-9-5-3-2-4-6-9;9-8(10)11-6-7-4-2-1-3-5-7/h2-6H,7H2,1H3;1-5H,6H2. The highest BCUT2D eigenvalue weighted by Crippen LogP contribution is 2.02. The molecule has 2 aromatic rings. The topological polar surface area (TPSA) is 52.6 Å². The Labute approximate surface area is 138 Å². The van der Waals surface area contributed by atoms with E-state index in [4.69, 9.17) is 9.47 Å². The van der Waals surface area contributed by atoms with Crippen molar-refractivity contribution in [3.8, 4) is 0 Å². The first-order valence-corrected chi connectivity index (χ1v) is 7.40. The van der Waals surface area contributed by atoms with Gasteiger partial charge in [0.05, 0.1) is 0 Å². The second-order valence-corrected chi connectivity index (χ2v) is 4.93. The maximum atomic E-state index is 10.4. The van der Waals surface area contributed by atoms with Crippen LogP contribution in [0.25, 0.3) is 0 Å². The number of carbonyl (C=O) groups excluding carboxylic acids is 2. The van der Waals surface area contributed by atoms with Gasteiger partial charge in [-0.2, -0.15) is 0 Å². The molecule has 4 nitrogen and oxygen atoms in total. The van der Waals surface area contributed by atoms with Crippen LogP contribution in [0.3, 0.4) is 0 Å². The number of halogens is 1. The van der Waals surface area contributed by atoms with E-state index in [-0.39, 0.29) is 5.97 Å². The first kappa shape index (κ1) is 17.9. The average Bonchev–Trinajstić information content (AvgIpc) is 2.53. The van der Waals surface area contributed by atoms with E-state index in [0.717, 1.165) is 11.1 Å². The summed E-state index contributed by atoms with van der Waals surface area (Å²) in [7, 11) is 0. The van der Waals surface area contributed by atoms with Crippen LogP contribution in [-0.2, 0) is 27.5 Å². The number of hydrogen-bond acceptors (Lipinski definition) is 4. The van der Waals surface area contributed by atoms with Crippen molar-refractivity contribution < 1.29 is 19.1 Å². The molecule has 5 heteroatoms. The first-order chi connectivity index (χ1) is 10.6. The third-order valence-corrected chi connectivity index (χ3v) is 2.71. The zero-order valence-corrected chi connectivity index (χ0v) is 13.8. The lowest BCUT2D eigenvalue weighted by Gasteiger charge is -1.99. The fraction of sp³-hybridized carbons (Fsp3) is 0.176. The molecule has 0 saturated carbocycles. The molecule has 0 atom stereocenters. The lowest BCUT2D eigenvalue weighted by atomic mass is 10.2. The molecule has 0 unspecified atom stereocenters. The Kier molecular flexibility index (Phi) is 8.60. The minimum Gasteiger partial charge on any atom is -0.461 e. The molecule has 0 heterocycles. The Morgan fingerprint density at radius 3 is 1.59 bits per heavy atom. The van der Waals surface area contributed by atoms with E-state index >= 15 is 0 Å². The summed E-state index contributed by atoms with van der Waals surface area (Å²) < 4.78 is 9.49. The smallest absolute Gasteiger partial charge is 0.374 e. The van der Waals surface area contributed by atoms with Crippen LogP contribution in [-0.4, -0.2) is 10.8 Å². The van der Waals surface area contributed by atoms with Crippen LogP contribution >= 0.6 is 15.9 Å². The van der Waals surface area contributed by atoms with Gasteiger partial charge in [-0.15, -0.1) is 0 Å². The van der Waals surface area contributed by atoms with Gasteiger partial charge in [-0.25, -0.2) is 4.79 Å². The van der Waals surface area contributed by atoms with Crippen LogP contribution in [0, 0.1) is 0 Å². The molecular weight excluding hydrogens is 348 g/mol. The number of rotatable bonds is 4. The third kappa shape index (κ3) is 8.92. The highest BCUT2D eigenvalue weighted by molar-refractivity contribution is 9.18. The second-order valence-electron chi connectivity index (χ2n) is 4.28. The van der Waals surface area contributed by atoms with E-state index < -0.39 is 4.88 Å². The minimum absolute atomic E-state index is 0.242. The van der Waals surface area contributed by atoms with Gasteiger partial charge < -0.3 is 9.47 Å². The van der Waals surface area contributed by atoms with Gasteiger partial charge in [0.2, 0.25) is 0 Å². The van der Waals surface area contributed by atoms with Crippen LogP contribution < -0.4 is 0 Å². The summed E-state index contributed by atoms with van der Waals surface area (Å²) in [5, 5.41) is 0. The van der Waals surface area contributed by atoms with Crippen molar-refractivity contribution in [2.45, 2.75) is 20.1 Å². The number of carbonyl (C=O) groups is 2. The van der Waals surface area contributed by atoms with E-state index in [1.807, 2.05) is 60.7 Å². The number of ether oxygens (including phenoxy) is 2. The van der Waals surface area contributed by atoms with Crippen molar-refractivity contribution in [1.82, 2.24) is 0 Å². The molecule has 0 fully saturated rings. The van der Waals surface area contributed by atoms with E-state index in [0.29, 0.717) is 13.2 Å². The van der Waals surface area contributed by atoms with Gasteiger partial charge >= 0.3 is 10.8 Å². The Balaban J connectivity index is 0.000000220. The summed E-state index contributed by atoms with van der Waals surface area (Å²) in [5.41, 5.74) is 2.00. The molecule has 0 N–H and O–H groups in total. The summed E-state index contributed by atoms with van der Waals surface area (Å²) in [4.78, 5) is 20.3. The number of benzene rings is 2. The lowest BCUT2D eigenvalue weighted by Crippen LogP contribution is -1.97. The SMILES string of the molecule is CC(=O)OCc1ccccc1.O=C(Br)OCc1ccccc1. The van der Waals surface area contributed by atoms with Crippen LogP contribution in [0.15, 0.2) is 60.7 Å². The molecule has 0 aliphatic rings. The third-order valence-electron chi connectivity index (χ3n) is 2.48. The molecule has 0 aliphatic heterocycles.